The molecular formula is C39H62O14Si. The second-order valence-electron chi connectivity index (χ2n) is 12.8. The monoisotopic (exact) mass is 782 g/mol. The fourth-order valence-electron chi connectivity index (χ4n) is 4.58. The number of Topliss-reactive ketones (excluding diaryl/α,β-unsaturated/α-hetero) is 1. The van der Waals surface area contributed by atoms with Crippen molar-refractivity contribution in [3.05, 3.63) is 30.3 Å². The van der Waals surface area contributed by atoms with Gasteiger partial charge in [0.25, 0.3) is 0 Å². The number of rotatable bonds is 31. The summed E-state index contributed by atoms with van der Waals surface area (Å²) in [6, 6.07) is 7.94. The second kappa shape index (κ2) is 28.7. The molecule has 0 aromatic heterocycles. The molecule has 0 N–H and O–H groups in total. The van der Waals surface area contributed by atoms with Crippen LogP contribution >= 0.6 is 0 Å². The molecule has 15 heteroatoms. The lowest BCUT2D eigenvalue weighted by atomic mass is 10.2. The molecule has 0 bridgehead atoms. The summed E-state index contributed by atoms with van der Waals surface area (Å²) in [4.78, 5) is 79.9. The number of benzene rings is 1. The molecule has 0 amide bonds. The number of unbranched alkanes of at least 4 members (excludes halogenated alkanes) is 5. The van der Waals surface area contributed by atoms with Crippen LogP contribution in [-0.2, 0) is 65.7 Å². The van der Waals surface area contributed by atoms with Crippen molar-refractivity contribution in [2.45, 2.75) is 143 Å². The molecule has 3 atom stereocenters. The minimum atomic E-state index is -4.94. The molecule has 54 heavy (non-hydrogen) atoms. The van der Waals surface area contributed by atoms with Gasteiger partial charge in [-0.2, -0.15) is 0 Å². The standard InChI is InChI=1S/C39H62O14Si/c1-7-12-22-46-35(41)28-33(38(44)49-25-15-10-4)52-54(31-20-18-17-19-21-31,51-32(27-30(6)40)37(43)48-24-14-9-3)53-34(39(45)50-26-16-11-5)29-36(42)47-23-13-8-2/h17-21,32-34H,7-16,22-29H2,1-6H3. The summed E-state index contributed by atoms with van der Waals surface area (Å²) in [6.45, 7) is 11.1. The Morgan fingerprint density at radius 3 is 1.11 bits per heavy atom. The first kappa shape index (κ1) is 48.4. The summed E-state index contributed by atoms with van der Waals surface area (Å²) in [5.41, 5.74) is 0. The Balaban J connectivity index is 4.01. The fourth-order valence-corrected chi connectivity index (χ4v) is 7.42. The van der Waals surface area contributed by atoms with Crippen molar-refractivity contribution in [1.82, 2.24) is 0 Å². The molecule has 306 valence electrons. The van der Waals surface area contributed by atoms with Crippen LogP contribution in [0.1, 0.15) is 125 Å². The number of esters is 5. The van der Waals surface area contributed by atoms with Gasteiger partial charge in [-0.05, 0) is 39.0 Å². The molecule has 1 aromatic rings. The van der Waals surface area contributed by atoms with E-state index >= 15 is 0 Å². The van der Waals surface area contributed by atoms with Gasteiger partial charge >= 0.3 is 38.7 Å². The van der Waals surface area contributed by atoms with E-state index in [1.54, 1.807) is 18.2 Å². The first-order chi connectivity index (χ1) is 26.0. The van der Waals surface area contributed by atoms with Crippen molar-refractivity contribution in [2.24, 2.45) is 0 Å². The number of carbonyl (C=O) groups is 6. The second-order valence-corrected chi connectivity index (χ2v) is 15.2. The summed E-state index contributed by atoms with van der Waals surface area (Å²) < 4.78 is 46.7. The Morgan fingerprint density at radius 1 is 0.481 bits per heavy atom. The van der Waals surface area contributed by atoms with Gasteiger partial charge in [-0.25, -0.2) is 14.4 Å². The maximum atomic E-state index is 13.7. The largest absolute Gasteiger partial charge is 0.539 e. The Hall–Kier alpha value is -3.66. The van der Waals surface area contributed by atoms with Gasteiger partial charge in [0, 0.05) is 11.6 Å². The van der Waals surface area contributed by atoms with Gasteiger partial charge in [0.2, 0.25) is 0 Å². The summed E-state index contributed by atoms with van der Waals surface area (Å²) in [6.07, 6.45) is -0.542. The summed E-state index contributed by atoms with van der Waals surface area (Å²) in [5, 5.41) is 0.135. The maximum Gasteiger partial charge on any atom is 0.539 e. The molecule has 3 unspecified atom stereocenters. The van der Waals surface area contributed by atoms with Crippen molar-refractivity contribution in [3.63, 3.8) is 0 Å². The SMILES string of the molecule is CCCCOC(=O)CC(O[Si](OC(CC(C)=O)C(=O)OCCCC)(OC(CC(=O)OCCCC)C(=O)OCCCC)c1ccccc1)C(=O)OCCCC. The molecule has 1 rings (SSSR count). The van der Waals surface area contributed by atoms with E-state index in [9.17, 15) is 28.8 Å². The number of hydrogen-bond acceptors (Lipinski definition) is 14. The Bertz CT molecular complexity index is 1210. The predicted molar refractivity (Wildman–Crippen MR) is 200 cm³/mol. The third-order valence-electron chi connectivity index (χ3n) is 7.73. The highest BCUT2D eigenvalue weighted by Gasteiger charge is 2.54. The van der Waals surface area contributed by atoms with E-state index in [0.29, 0.717) is 51.4 Å². The molecule has 0 saturated heterocycles. The highest BCUT2D eigenvalue weighted by molar-refractivity contribution is 6.76. The van der Waals surface area contributed by atoms with Crippen LogP contribution < -0.4 is 5.19 Å². The fraction of sp³-hybridized carbons (Fsp3) is 0.692. The maximum absolute atomic E-state index is 13.7. The summed E-state index contributed by atoms with van der Waals surface area (Å²) >= 11 is 0. The van der Waals surface area contributed by atoms with Crippen LogP contribution in [0.2, 0.25) is 0 Å². The number of hydrogen-bond donors (Lipinski definition) is 0. The van der Waals surface area contributed by atoms with Gasteiger partial charge in [0.1, 0.15) is 5.78 Å². The highest BCUT2D eigenvalue weighted by atomic mass is 28.4. The molecule has 0 fully saturated rings. The van der Waals surface area contributed by atoms with Crippen molar-refractivity contribution >= 4 is 49.6 Å². The third kappa shape index (κ3) is 19.6. The van der Waals surface area contributed by atoms with Crippen molar-refractivity contribution in [2.75, 3.05) is 33.0 Å². The number of ketones is 1. The zero-order chi connectivity index (χ0) is 40.2. The summed E-state index contributed by atoms with van der Waals surface area (Å²) in [5.74, 6) is -4.84. The topological polar surface area (TPSA) is 176 Å². The van der Waals surface area contributed by atoms with E-state index in [1.807, 2.05) is 34.6 Å². The number of ether oxygens (including phenoxy) is 5. The van der Waals surface area contributed by atoms with Gasteiger partial charge in [0.05, 0.1) is 45.9 Å². The lowest BCUT2D eigenvalue weighted by Gasteiger charge is -2.36. The summed E-state index contributed by atoms with van der Waals surface area (Å²) in [7, 11) is -4.94. The van der Waals surface area contributed by atoms with Crippen molar-refractivity contribution in [1.29, 1.82) is 0 Å². The van der Waals surface area contributed by atoms with E-state index in [0.717, 1.165) is 12.8 Å². The van der Waals surface area contributed by atoms with Gasteiger partial charge < -0.3 is 37.0 Å². The zero-order valence-corrected chi connectivity index (χ0v) is 34.1. The average molecular weight is 783 g/mol. The van der Waals surface area contributed by atoms with E-state index in [2.05, 4.69) is 0 Å². The van der Waals surface area contributed by atoms with Crippen LogP contribution in [0.5, 0.6) is 0 Å². The lowest BCUT2D eigenvalue weighted by molar-refractivity contribution is -0.169. The Labute approximate surface area is 321 Å². The molecular weight excluding hydrogens is 721 g/mol. The molecule has 0 saturated carbocycles. The van der Waals surface area contributed by atoms with Gasteiger partial charge in [-0.1, -0.05) is 97.1 Å². The smallest absolute Gasteiger partial charge is 0.466 e. The molecule has 0 spiro atoms. The van der Waals surface area contributed by atoms with Crippen LogP contribution in [-0.4, -0.2) is 95.8 Å². The first-order valence-corrected chi connectivity index (χ1v) is 21.1. The van der Waals surface area contributed by atoms with Crippen LogP contribution in [0.4, 0.5) is 0 Å². The molecule has 0 aliphatic carbocycles. The molecule has 14 nitrogen and oxygen atoms in total. The normalized spacial score (nSPS) is 13.8. The minimum Gasteiger partial charge on any atom is -0.466 e. The van der Waals surface area contributed by atoms with Gasteiger partial charge in [0.15, 0.2) is 18.3 Å². The Kier molecular flexibility index (Phi) is 25.7. The van der Waals surface area contributed by atoms with E-state index in [-0.39, 0.29) is 38.2 Å². The Morgan fingerprint density at radius 2 is 0.796 bits per heavy atom. The lowest BCUT2D eigenvalue weighted by Crippen LogP contribution is -2.64. The number of carbonyl (C=O) groups excluding carboxylic acids is 6. The zero-order valence-electron chi connectivity index (χ0n) is 33.1. The minimum absolute atomic E-state index is 0.00831. The van der Waals surface area contributed by atoms with E-state index in [1.165, 1.54) is 19.1 Å². The molecule has 0 aliphatic heterocycles. The quantitative estimate of drug-likeness (QED) is 0.0401. The third-order valence-corrected chi connectivity index (χ3v) is 10.6. The molecule has 0 radical (unpaired) electrons. The molecule has 1 aromatic carbocycles. The van der Waals surface area contributed by atoms with Crippen LogP contribution in [0, 0.1) is 0 Å². The van der Waals surface area contributed by atoms with Gasteiger partial charge in [-0.15, -0.1) is 0 Å². The van der Waals surface area contributed by atoms with Crippen molar-refractivity contribution < 1.29 is 65.7 Å². The molecule has 0 heterocycles. The van der Waals surface area contributed by atoms with Crippen LogP contribution in [0.25, 0.3) is 0 Å². The van der Waals surface area contributed by atoms with E-state index in [4.69, 9.17) is 37.0 Å². The average Bonchev–Trinajstić information content (AvgIpc) is 3.14. The highest BCUT2D eigenvalue weighted by Crippen LogP contribution is 2.25. The van der Waals surface area contributed by atoms with Crippen molar-refractivity contribution in [3.8, 4) is 0 Å². The van der Waals surface area contributed by atoms with Gasteiger partial charge in [-0.3, -0.25) is 14.4 Å². The van der Waals surface area contributed by atoms with E-state index < -0.39 is 82.0 Å². The van der Waals surface area contributed by atoms with Crippen LogP contribution in [0.15, 0.2) is 30.3 Å². The van der Waals surface area contributed by atoms with Crippen LogP contribution in [0.3, 0.4) is 0 Å². The molecule has 0 aliphatic rings. The predicted octanol–water partition coefficient (Wildman–Crippen LogP) is 5.46. The first-order valence-electron chi connectivity index (χ1n) is 19.4.